The van der Waals surface area contributed by atoms with E-state index in [1.807, 2.05) is 0 Å². The quantitative estimate of drug-likeness (QED) is 0.324. The number of ether oxygens (including phenoxy) is 1. The van der Waals surface area contributed by atoms with E-state index in [-0.39, 0.29) is 29.7 Å². The lowest BCUT2D eigenvalue weighted by Gasteiger charge is -2.34. The van der Waals surface area contributed by atoms with E-state index in [1.165, 1.54) is 46.2 Å². The van der Waals surface area contributed by atoms with Gasteiger partial charge in [-0.05, 0) is 42.8 Å². The van der Waals surface area contributed by atoms with E-state index in [0.717, 1.165) is 4.90 Å². The highest BCUT2D eigenvalue weighted by Gasteiger charge is 2.63. The zero-order chi connectivity index (χ0) is 24.4. The van der Waals surface area contributed by atoms with Crippen LogP contribution >= 0.6 is 0 Å². The molecule has 0 aromatic heterocycles. The summed E-state index contributed by atoms with van der Waals surface area (Å²) >= 11 is 0. The molecular weight excluding hydrogens is 459 g/mol. The fraction of sp³-hybridized carbons (Fsp3) is 0.208. The minimum atomic E-state index is -0.879. The number of anilines is 1. The Morgan fingerprint density at radius 3 is 2.46 bits per heavy atom. The molecule has 0 radical (unpaired) electrons. The minimum Gasteiger partial charge on any atom is -0.410 e. The first kappa shape index (κ1) is 21.0. The number of benzene rings is 3. The number of fused-ring (bicyclic) bond motifs is 6. The molecule has 10 nitrogen and oxygen atoms in total. The topological polar surface area (TPSA) is 113 Å². The zero-order valence-electron chi connectivity index (χ0n) is 18.0. The number of hydrogen-bond acceptors (Lipinski definition) is 6. The second-order valence-corrected chi connectivity index (χ2v) is 8.65. The van der Waals surface area contributed by atoms with Crippen LogP contribution in [-0.4, -0.2) is 57.4 Å². The molecule has 4 amide bonds. The van der Waals surface area contributed by atoms with Crippen LogP contribution in [0.5, 0.6) is 5.75 Å². The molecule has 0 N–H and O–H groups in total. The molecule has 3 heterocycles. The molecule has 0 aliphatic carbocycles. The Morgan fingerprint density at radius 1 is 1.03 bits per heavy atom. The third-order valence-corrected chi connectivity index (χ3v) is 6.83. The van der Waals surface area contributed by atoms with Crippen LogP contribution in [0, 0.1) is 15.9 Å². The normalized spacial score (nSPS) is 22.8. The molecule has 3 aromatic rings. The minimum absolute atomic E-state index is 0.126. The number of halogens is 1. The first-order valence-electron chi connectivity index (χ1n) is 10.9. The first-order chi connectivity index (χ1) is 16.8. The summed E-state index contributed by atoms with van der Waals surface area (Å²) in [5.41, 5.74) is 0.133. The molecule has 6 rings (SSSR count). The fourth-order valence-corrected chi connectivity index (χ4v) is 5.37. The second kappa shape index (κ2) is 7.49. The van der Waals surface area contributed by atoms with Crippen molar-refractivity contribution in [3.8, 4) is 5.75 Å². The molecule has 3 atom stereocenters. The van der Waals surface area contributed by atoms with Crippen LogP contribution < -0.4 is 9.64 Å². The Hall–Kier alpha value is -4.54. The largest absolute Gasteiger partial charge is 0.415 e. The van der Waals surface area contributed by atoms with Crippen molar-refractivity contribution >= 4 is 40.2 Å². The summed E-state index contributed by atoms with van der Waals surface area (Å²) in [6, 6.07) is 11.9. The van der Waals surface area contributed by atoms with Crippen molar-refractivity contribution in [3.05, 3.63) is 76.6 Å². The van der Waals surface area contributed by atoms with Gasteiger partial charge in [0.2, 0.25) is 0 Å². The number of rotatable bonds is 3. The van der Waals surface area contributed by atoms with Gasteiger partial charge in [0.05, 0.1) is 28.1 Å². The number of carbonyl (C=O) groups excluding carboxylic acids is 3. The van der Waals surface area contributed by atoms with Crippen LogP contribution in [0.1, 0.15) is 6.42 Å². The van der Waals surface area contributed by atoms with E-state index in [2.05, 4.69) is 0 Å². The van der Waals surface area contributed by atoms with Gasteiger partial charge in [-0.15, -0.1) is 0 Å². The molecule has 11 heteroatoms. The van der Waals surface area contributed by atoms with Gasteiger partial charge in [0.15, 0.2) is 0 Å². The van der Waals surface area contributed by atoms with Crippen molar-refractivity contribution in [1.29, 1.82) is 0 Å². The third kappa shape index (κ3) is 3.04. The third-order valence-electron chi connectivity index (χ3n) is 6.83. The monoisotopic (exact) mass is 476 g/mol. The van der Waals surface area contributed by atoms with Crippen LogP contribution in [0.4, 0.5) is 25.4 Å². The van der Waals surface area contributed by atoms with E-state index < -0.39 is 40.9 Å². The molecule has 0 spiro atoms. The van der Waals surface area contributed by atoms with E-state index in [0.29, 0.717) is 17.2 Å². The summed E-state index contributed by atoms with van der Waals surface area (Å²) in [7, 11) is 0. The number of likely N-dealkylation sites (tertiary alicyclic amines) is 1. The van der Waals surface area contributed by atoms with E-state index in [1.54, 1.807) is 24.3 Å². The maximum absolute atomic E-state index is 13.5. The molecule has 35 heavy (non-hydrogen) atoms. The average molecular weight is 476 g/mol. The lowest BCUT2D eigenvalue weighted by atomic mass is 10.0. The van der Waals surface area contributed by atoms with Crippen LogP contribution in [0.25, 0.3) is 10.8 Å². The van der Waals surface area contributed by atoms with Crippen LogP contribution in [-0.2, 0) is 4.79 Å². The Labute approximate surface area is 197 Å². The highest BCUT2D eigenvalue weighted by molar-refractivity contribution is 6.25. The van der Waals surface area contributed by atoms with Gasteiger partial charge in [-0.2, -0.15) is 0 Å². The molecule has 0 saturated carbocycles. The number of hydrogen-bond donors (Lipinski definition) is 0. The zero-order valence-corrected chi connectivity index (χ0v) is 18.0. The van der Waals surface area contributed by atoms with Gasteiger partial charge in [0.1, 0.15) is 17.6 Å². The first-order valence-corrected chi connectivity index (χ1v) is 10.9. The van der Waals surface area contributed by atoms with Gasteiger partial charge in [-0.25, -0.2) is 18.9 Å². The van der Waals surface area contributed by atoms with Gasteiger partial charge in [-0.1, -0.05) is 18.2 Å². The number of nitro groups is 1. The van der Waals surface area contributed by atoms with Crippen molar-refractivity contribution in [2.45, 2.75) is 24.5 Å². The number of nitro benzene ring substituents is 1. The lowest BCUT2D eigenvalue weighted by Crippen LogP contribution is -2.55. The van der Waals surface area contributed by atoms with Crippen LogP contribution in [0.3, 0.4) is 0 Å². The maximum Gasteiger partial charge on any atom is 0.415 e. The van der Waals surface area contributed by atoms with Crippen LogP contribution in [0.2, 0.25) is 0 Å². The van der Waals surface area contributed by atoms with Crippen LogP contribution in [0.15, 0.2) is 60.7 Å². The van der Waals surface area contributed by atoms with Crippen molar-refractivity contribution in [3.63, 3.8) is 0 Å². The molecule has 176 valence electrons. The highest BCUT2D eigenvalue weighted by atomic mass is 19.1. The second-order valence-electron chi connectivity index (χ2n) is 8.65. The SMILES string of the molecule is O=C1[C@H]2C3CC(CN3C(=O)Oc3ccc(F)cc3)N2C(=O)N1c1ccc([N+](=O)[O-])c2ccccc12. The molecule has 3 aromatic carbocycles. The average Bonchev–Trinajstić information content (AvgIpc) is 3.51. The lowest BCUT2D eigenvalue weighted by molar-refractivity contribution is -0.383. The standard InChI is InChI=1S/C24H17FN4O6/c25-13-5-7-15(8-6-13)35-24(32)26-12-14-11-20(26)21-22(30)28(23(31)27(14)21)18-9-10-19(29(33)34)17-4-2-1-3-16(17)18/h1-10,14,20-21H,11-12H2/t14?,20?,21-/m1/s1. The van der Waals surface area contributed by atoms with Gasteiger partial charge >= 0.3 is 12.1 Å². The smallest absolute Gasteiger partial charge is 0.410 e. The molecule has 3 saturated heterocycles. The number of nitrogens with zero attached hydrogens (tertiary/aromatic N) is 4. The number of imide groups is 1. The van der Waals surface area contributed by atoms with Gasteiger partial charge in [0.25, 0.3) is 11.6 Å². The summed E-state index contributed by atoms with van der Waals surface area (Å²) < 4.78 is 18.5. The fourth-order valence-electron chi connectivity index (χ4n) is 5.37. The van der Waals surface area contributed by atoms with E-state index in [9.17, 15) is 28.9 Å². The Balaban J connectivity index is 1.31. The van der Waals surface area contributed by atoms with Crippen molar-refractivity contribution in [1.82, 2.24) is 9.80 Å². The maximum atomic E-state index is 13.5. The Morgan fingerprint density at radius 2 is 1.74 bits per heavy atom. The molecule has 2 bridgehead atoms. The Kier molecular flexibility index (Phi) is 4.50. The van der Waals surface area contributed by atoms with Gasteiger partial charge in [-0.3, -0.25) is 14.9 Å². The van der Waals surface area contributed by atoms with Gasteiger partial charge < -0.3 is 14.5 Å². The summed E-state index contributed by atoms with van der Waals surface area (Å²) in [4.78, 5) is 54.6. The Bertz CT molecular complexity index is 1430. The van der Waals surface area contributed by atoms with Gasteiger partial charge in [0, 0.05) is 18.0 Å². The number of amides is 4. The molecule has 3 aliphatic rings. The summed E-state index contributed by atoms with van der Waals surface area (Å²) in [6.45, 7) is 0.203. The molecule has 3 aliphatic heterocycles. The van der Waals surface area contributed by atoms with E-state index >= 15 is 0 Å². The number of non-ortho nitro benzene ring substituents is 1. The van der Waals surface area contributed by atoms with Crippen molar-refractivity contribution in [2.24, 2.45) is 0 Å². The molecule has 3 fully saturated rings. The summed E-state index contributed by atoms with van der Waals surface area (Å²) in [6.07, 6.45) is -0.238. The summed E-state index contributed by atoms with van der Waals surface area (Å²) in [5, 5.41) is 12.2. The molecular formula is C24H17FN4O6. The number of carbonyl (C=O) groups is 3. The predicted molar refractivity (Wildman–Crippen MR) is 120 cm³/mol. The number of piperazine rings is 1. The highest BCUT2D eigenvalue weighted by Crippen LogP contribution is 2.44. The van der Waals surface area contributed by atoms with Crippen molar-refractivity contribution in [2.75, 3.05) is 11.4 Å². The van der Waals surface area contributed by atoms with Crippen molar-refractivity contribution < 1.29 is 28.4 Å². The number of urea groups is 1. The predicted octanol–water partition coefficient (Wildman–Crippen LogP) is 3.68. The van der Waals surface area contributed by atoms with E-state index in [4.69, 9.17) is 4.74 Å². The molecule has 2 unspecified atom stereocenters. The summed E-state index contributed by atoms with van der Waals surface area (Å²) in [5.74, 6) is -0.792.